The lowest BCUT2D eigenvalue weighted by Crippen LogP contribution is -2.51. The molecule has 0 amide bonds. The van der Waals surface area contributed by atoms with Gasteiger partial charge < -0.3 is 20.3 Å². The molecule has 1 aliphatic carbocycles. The van der Waals surface area contributed by atoms with Crippen molar-refractivity contribution < 1.29 is 14.6 Å². The Morgan fingerprint density at radius 3 is 2.50 bits per heavy atom. The van der Waals surface area contributed by atoms with Gasteiger partial charge in [-0.2, -0.15) is 0 Å². The molecule has 0 aromatic heterocycles. The van der Waals surface area contributed by atoms with E-state index < -0.39 is 5.60 Å². The molecule has 2 aliphatic heterocycles. The van der Waals surface area contributed by atoms with Gasteiger partial charge in [0.25, 0.3) is 0 Å². The van der Waals surface area contributed by atoms with E-state index in [1.54, 1.807) is 0 Å². The van der Waals surface area contributed by atoms with Crippen LogP contribution in [0.5, 0.6) is 0 Å². The van der Waals surface area contributed by atoms with Gasteiger partial charge in [-0.1, -0.05) is 0 Å². The summed E-state index contributed by atoms with van der Waals surface area (Å²) in [7, 11) is 0. The highest BCUT2D eigenvalue weighted by molar-refractivity contribution is 4.99. The van der Waals surface area contributed by atoms with E-state index in [0.29, 0.717) is 12.5 Å². The van der Waals surface area contributed by atoms with Gasteiger partial charge >= 0.3 is 0 Å². The fourth-order valence-electron chi connectivity index (χ4n) is 3.90. The zero-order valence-electron chi connectivity index (χ0n) is 11.1. The Hall–Kier alpha value is -0.160. The highest BCUT2D eigenvalue weighted by Gasteiger charge is 2.48. The van der Waals surface area contributed by atoms with E-state index in [4.69, 9.17) is 15.2 Å². The molecular formula is C14H25NO3. The van der Waals surface area contributed by atoms with Gasteiger partial charge in [-0.05, 0) is 44.4 Å². The van der Waals surface area contributed by atoms with Crippen molar-refractivity contribution >= 4 is 0 Å². The smallest absolute Gasteiger partial charge is 0.0940 e. The van der Waals surface area contributed by atoms with Crippen LogP contribution in [0.2, 0.25) is 0 Å². The van der Waals surface area contributed by atoms with Gasteiger partial charge in [0.2, 0.25) is 0 Å². The first kappa shape index (κ1) is 12.9. The molecule has 3 aliphatic rings. The lowest BCUT2D eigenvalue weighted by Gasteiger charge is -2.47. The van der Waals surface area contributed by atoms with Crippen LogP contribution < -0.4 is 5.73 Å². The van der Waals surface area contributed by atoms with Crippen LogP contribution in [0.25, 0.3) is 0 Å². The summed E-state index contributed by atoms with van der Waals surface area (Å²) in [6.07, 6.45) is 6.55. The summed E-state index contributed by atoms with van der Waals surface area (Å²) in [5, 5.41) is 10.9. The first-order valence-electron chi connectivity index (χ1n) is 7.32. The zero-order chi connectivity index (χ0) is 12.6. The topological polar surface area (TPSA) is 64.7 Å². The van der Waals surface area contributed by atoms with E-state index in [0.717, 1.165) is 58.2 Å². The minimum absolute atomic E-state index is 0.0990. The van der Waals surface area contributed by atoms with Gasteiger partial charge in [0.05, 0.1) is 17.8 Å². The maximum absolute atomic E-state index is 10.9. The summed E-state index contributed by atoms with van der Waals surface area (Å²) in [6.45, 7) is 2.28. The quantitative estimate of drug-likeness (QED) is 0.739. The van der Waals surface area contributed by atoms with Crippen LogP contribution in [0.4, 0.5) is 0 Å². The largest absolute Gasteiger partial charge is 0.390 e. The predicted molar refractivity (Wildman–Crippen MR) is 68.2 cm³/mol. The molecule has 0 aromatic carbocycles. The number of hydrogen-bond donors (Lipinski definition) is 2. The van der Waals surface area contributed by atoms with E-state index in [1.807, 2.05) is 0 Å². The van der Waals surface area contributed by atoms with E-state index >= 15 is 0 Å². The van der Waals surface area contributed by atoms with Crippen molar-refractivity contribution in [1.82, 2.24) is 0 Å². The predicted octanol–water partition coefficient (Wildman–Crippen LogP) is 1.20. The average Bonchev–Trinajstić information content (AvgIpc) is 2.81. The van der Waals surface area contributed by atoms with E-state index in [9.17, 15) is 5.11 Å². The van der Waals surface area contributed by atoms with Crippen LogP contribution in [-0.4, -0.2) is 42.2 Å². The Labute approximate surface area is 109 Å². The van der Waals surface area contributed by atoms with Gasteiger partial charge in [-0.3, -0.25) is 0 Å². The van der Waals surface area contributed by atoms with Gasteiger partial charge in [-0.25, -0.2) is 0 Å². The van der Waals surface area contributed by atoms with Crippen LogP contribution in [0.3, 0.4) is 0 Å². The fourth-order valence-corrected chi connectivity index (χ4v) is 3.90. The molecule has 104 valence electrons. The van der Waals surface area contributed by atoms with Crippen LogP contribution in [0.15, 0.2) is 0 Å². The number of aliphatic hydroxyl groups is 1. The van der Waals surface area contributed by atoms with E-state index in [2.05, 4.69) is 0 Å². The molecule has 4 nitrogen and oxygen atoms in total. The molecule has 0 bridgehead atoms. The Bertz CT molecular complexity index is 293. The molecule has 2 heterocycles. The highest BCUT2D eigenvalue weighted by atomic mass is 16.6. The average molecular weight is 255 g/mol. The Balaban J connectivity index is 1.68. The second-order valence-corrected chi connectivity index (χ2v) is 6.46. The van der Waals surface area contributed by atoms with Gasteiger partial charge in [0.15, 0.2) is 0 Å². The van der Waals surface area contributed by atoms with Crippen LogP contribution in [-0.2, 0) is 9.47 Å². The highest BCUT2D eigenvalue weighted by Crippen LogP contribution is 2.44. The molecule has 3 N–H and O–H groups in total. The molecule has 0 radical (unpaired) electrons. The van der Waals surface area contributed by atoms with Crippen molar-refractivity contribution in [2.24, 2.45) is 11.7 Å². The number of hydrogen-bond acceptors (Lipinski definition) is 4. The minimum Gasteiger partial charge on any atom is -0.390 e. The third kappa shape index (κ3) is 2.31. The second kappa shape index (κ2) is 4.75. The van der Waals surface area contributed by atoms with Gasteiger partial charge in [-0.15, -0.1) is 0 Å². The van der Waals surface area contributed by atoms with Gasteiger partial charge in [0, 0.05) is 25.7 Å². The summed E-state index contributed by atoms with van der Waals surface area (Å²) in [5.41, 5.74) is 5.34. The summed E-state index contributed by atoms with van der Waals surface area (Å²) < 4.78 is 11.4. The lowest BCUT2D eigenvalue weighted by atomic mass is 9.68. The Morgan fingerprint density at radius 1 is 1.06 bits per heavy atom. The van der Waals surface area contributed by atoms with Gasteiger partial charge in [0.1, 0.15) is 0 Å². The van der Waals surface area contributed by atoms with Crippen molar-refractivity contribution in [1.29, 1.82) is 0 Å². The summed E-state index contributed by atoms with van der Waals surface area (Å²) >= 11 is 0. The summed E-state index contributed by atoms with van der Waals surface area (Å²) in [6, 6.07) is 0.286. The minimum atomic E-state index is -0.505. The molecule has 2 saturated heterocycles. The molecular weight excluding hydrogens is 230 g/mol. The SMILES string of the molecule is NC1CCC(O)(C2CCOC3(CCOC3)C2)CC1. The first-order chi connectivity index (χ1) is 8.62. The maximum Gasteiger partial charge on any atom is 0.0940 e. The Morgan fingerprint density at radius 2 is 1.83 bits per heavy atom. The van der Waals surface area contributed by atoms with Crippen molar-refractivity contribution in [3.63, 3.8) is 0 Å². The number of ether oxygens (including phenoxy) is 2. The lowest BCUT2D eigenvalue weighted by molar-refractivity contribution is -0.152. The molecule has 18 heavy (non-hydrogen) atoms. The number of nitrogens with two attached hydrogens (primary N) is 1. The number of rotatable bonds is 1. The molecule has 3 fully saturated rings. The molecule has 0 aromatic rings. The van der Waals surface area contributed by atoms with E-state index in [1.165, 1.54) is 0 Å². The van der Waals surface area contributed by atoms with Crippen LogP contribution >= 0.6 is 0 Å². The van der Waals surface area contributed by atoms with Crippen molar-refractivity contribution in [3.05, 3.63) is 0 Å². The standard InChI is InChI=1S/C14H25NO3/c15-12-1-4-14(16,5-2-12)11-3-7-18-13(9-11)6-8-17-10-13/h11-12,16H,1-10,15H2. The van der Waals surface area contributed by atoms with Crippen LogP contribution in [0.1, 0.15) is 44.9 Å². The summed E-state index contributed by atoms with van der Waals surface area (Å²) in [5.74, 6) is 0.362. The normalized spacial score (nSPS) is 49.7. The Kier molecular flexibility index (Phi) is 3.39. The molecule has 2 atom stereocenters. The van der Waals surface area contributed by atoms with Crippen molar-refractivity contribution in [2.45, 2.75) is 62.2 Å². The zero-order valence-corrected chi connectivity index (χ0v) is 11.1. The molecule has 4 heteroatoms. The maximum atomic E-state index is 10.9. The molecule has 1 spiro atoms. The summed E-state index contributed by atoms with van der Waals surface area (Å²) in [4.78, 5) is 0. The molecule has 2 unspecified atom stereocenters. The molecule has 3 rings (SSSR count). The molecule has 1 saturated carbocycles. The van der Waals surface area contributed by atoms with Crippen molar-refractivity contribution in [2.75, 3.05) is 19.8 Å². The second-order valence-electron chi connectivity index (χ2n) is 6.46. The monoisotopic (exact) mass is 255 g/mol. The van der Waals surface area contributed by atoms with Crippen LogP contribution in [0, 0.1) is 5.92 Å². The third-order valence-corrected chi connectivity index (χ3v) is 5.22. The fraction of sp³-hybridized carbons (Fsp3) is 1.00. The van der Waals surface area contributed by atoms with Crippen molar-refractivity contribution in [3.8, 4) is 0 Å². The third-order valence-electron chi connectivity index (χ3n) is 5.22. The van der Waals surface area contributed by atoms with E-state index in [-0.39, 0.29) is 11.6 Å². The first-order valence-corrected chi connectivity index (χ1v) is 7.32.